The minimum Gasteiger partial charge on any atom is -0.452 e. The van der Waals surface area contributed by atoms with Gasteiger partial charge in [-0.3, -0.25) is 9.59 Å². The average molecular weight is 424 g/mol. The lowest BCUT2D eigenvalue weighted by molar-refractivity contribution is 0.0468. The van der Waals surface area contributed by atoms with E-state index in [9.17, 15) is 14.4 Å². The second kappa shape index (κ2) is 7.89. The van der Waals surface area contributed by atoms with Crippen molar-refractivity contribution in [3.05, 3.63) is 99.5 Å². The third-order valence-corrected chi connectivity index (χ3v) is 5.82. The van der Waals surface area contributed by atoms with Gasteiger partial charge in [-0.15, -0.1) is 0 Å². The Morgan fingerprint density at radius 3 is 2.47 bits per heavy atom. The molecule has 1 aliphatic rings. The molecule has 0 amide bonds. The van der Waals surface area contributed by atoms with Gasteiger partial charge in [-0.2, -0.15) is 5.10 Å². The van der Waals surface area contributed by atoms with Crippen LogP contribution in [0.5, 0.6) is 0 Å². The summed E-state index contributed by atoms with van der Waals surface area (Å²) >= 11 is 0. The van der Waals surface area contributed by atoms with E-state index in [4.69, 9.17) is 4.74 Å². The Morgan fingerprint density at radius 2 is 1.66 bits per heavy atom. The van der Waals surface area contributed by atoms with Gasteiger partial charge in [0.05, 0.1) is 5.39 Å². The number of esters is 1. The van der Waals surface area contributed by atoms with Gasteiger partial charge in [0.1, 0.15) is 0 Å². The highest BCUT2D eigenvalue weighted by Crippen LogP contribution is 2.36. The summed E-state index contributed by atoms with van der Waals surface area (Å²) in [7, 11) is 0. The topological polar surface area (TPSA) is 78.3 Å². The molecule has 5 rings (SSSR count). The molecule has 32 heavy (non-hydrogen) atoms. The van der Waals surface area contributed by atoms with Crippen molar-refractivity contribution in [2.45, 2.75) is 19.9 Å². The third kappa shape index (κ3) is 3.30. The second-order valence-corrected chi connectivity index (χ2v) is 7.72. The first kappa shape index (κ1) is 19.9. The van der Waals surface area contributed by atoms with Gasteiger partial charge in [0, 0.05) is 17.5 Å². The molecule has 0 spiro atoms. The number of aryl methyl sites for hydroxylation is 1. The lowest BCUT2D eigenvalue weighted by Crippen LogP contribution is -2.26. The highest BCUT2D eigenvalue weighted by molar-refractivity contribution is 6.04. The minimum atomic E-state index is -0.733. The summed E-state index contributed by atoms with van der Waals surface area (Å²) in [6, 6.07) is 20.5. The van der Waals surface area contributed by atoms with Crippen molar-refractivity contribution in [1.29, 1.82) is 0 Å². The number of hydrogen-bond acceptors (Lipinski definition) is 5. The van der Waals surface area contributed by atoms with Crippen molar-refractivity contribution < 1.29 is 14.3 Å². The maximum Gasteiger partial charge on any atom is 0.359 e. The molecule has 1 heterocycles. The largest absolute Gasteiger partial charge is 0.452 e. The van der Waals surface area contributed by atoms with E-state index in [1.54, 1.807) is 37.3 Å². The SMILES string of the molecule is CCn1nc(C(=O)OCC(=O)c2ccc3c(c2)-c2ccccc2C3)c2ccccc2c1=O. The molecule has 0 saturated carbocycles. The summed E-state index contributed by atoms with van der Waals surface area (Å²) < 4.78 is 6.54. The van der Waals surface area contributed by atoms with Crippen LogP contribution in [0.15, 0.2) is 71.5 Å². The fourth-order valence-electron chi connectivity index (χ4n) is 4.18. The maximum absolute atomic E-state index is 12.8. The third-order valence-electron chi connectivity index (χ3n) is 5.82. The molecule has 3 aromatic carbocycles. The normalized spacial score (nSPS) is 11.8. The van der Waals surface area contributed by atoms with E-state index in [1.807, 2.05) is 24.3 Å². The molecule has 0 aliphatic heterocycles. The molecule has 6 nitrogen and oxygen atoms in total. The highest BCUT2D eigenvalue weighted by Gasteiger charge is 2.22. The van der Waals surface area contributed by atoms with Crippen molar-refractivity contribution in [3.8, 4) is 11.1 Å². The molecule has 6 heteroatoms. The van der Waals surface area contributed by atoms with Gasteiger partial charge >= 0.3 is 5.97 Å². The number of carbonyl (C=O) groups excluding carboxylic acids is 2. The van der Waals surface area contributed by atoms with Gasteiger partial charge in [-0.25, -0.2) is 9.48 Å². The number of aromatic nitrogens is 2. The van der Waals surface area contributed by atoms with Crippen LogP contribution in [0.4, 0.5) is 0 Å². The molecule has 1 aliphatic carbocycles. The molecule has 4 aromatic rings. The van der Waals surface area contributed by atoms with Crippen LogP contribution in [0.3, 0.4) is 0 Å². The molecule has 158 valence electrons. The highest BCUT2D eigenvalue weighted by atomic mass is 16.5. The van der Waals surface area contributed by atoms with Crippen LogP contribution in [-0.2, 0) is 17.7 Å². The monoisotopic (exact) mass is 424 g/mol. The number of hydrogen-bond donors (Lipinski definition) is 0. The predicted molar refractivity (Wildman–Crippen MR) is 121 cm³/mol. The van der Waals surface area contributed by atoms with Crippen LogP contribution in [0.1, 0.15) is 38.9 Å². The zero-order valence-electron chi connectivity index (χ0n) is 17.5. The van der Waals surface area contributed by atoms with E-state index in [2.05, 4.69) is 17.2 Å². The maximum atomic E-state index is 12.8. The van der Waals surface area contributed by atoms with E-state index >= 15 is 0 Å². The fourth-order valence-corrected chi connectivity index (χ4v) is 4.18. The first-order chi connectivity index (χ1) is 15.6. The Hall–Kier alpha value is -4.06. The minimum absolute atomic E-state index is 0.0257. The van der Waals surface area contributed by atoms with Gasteiger partial charge in [0.15, 0.2) is 18.1 Å². The summed E-state index contributed by atoms with van der Waals surface area (Å²) in [6.45, 7) is 1.69. The number of ether oxygens (including phenoxy) is 1. The summed E-state index contributed by atoms with van der Waals surface area (Å²) in [5.74, 6) is -1.03. The predicted octanol–water partition coefficient (Wildman–Crippen LogP) is 4.03. The van der Waals surface area contributed by atoms with Crippen LogP contribution in [-0.4, -0.2) is 28.1 Å². The second-order valence-electron chi connectivity index (χ2n) is 7.72. The van der Waals surface area contributed by atoms with Crippen LogP contribution >= 0.6 is 0 Å². The fraction of sp³-hybridized carbons (Fsp3) is 0.154. The van der Waals surface area contributed by atoms with Crippen LogP contribution in [0.25, 0.3) is 21.9 Å². The summed E-state index contributed by atoms with van der Waals surface area (Å²) in [5.41, 5.74) is 4.84. The van der Waals surface area contributed by atoms with Crippen LogP contribution in [0.2, 0.25) is 0 Å². The first-order valence-corrected chi connectivity index (χ1v) is 10.5. The molecule has 0 bridgehead atoms. The van der Waals surface area contributed by atoms with Gasteiger partial charge in [-0.05, 0) is 47.7 Å². The Morgan fingerprint density at radius 1 is 0.938 bits per heavy atom. The van der Waals surface area contributed by atoms with Crippen LogP contribution in [0, 0.1) is 0 Å². The molecular formula is C26H20N2O4. The zero-order chi connectivity index (χ0) is 22.2. The van der Waals surface area contributed by atoms with E-state index in [0.29, 0.717) is 22.9 Å². The smallest absolute Gasteiger partial charge is 0.359 e. The lowest BCUT2D eigenvalue weighted by atomic mass is 10.0. The number of rotatable bonds is 5. The van der Waals surface area contributed by atoms with Crippen molar-refractivity contribution in [3.63, 3.8) is 0 Å². The number of fused-ring (bicyclic) bond motifs is 4. The Kier molecular flexibility index (Phi) is 4.90. The standard InChI is InChI=1S/C26H20N2O4/c1-2-28-25(30)21-10-6-5-9-20(21)24(27-28)26(31)32-15-23(29)18-12-11-17-13-16-7-3-4-8-19(16)22(17)14-18/h3-12,14H,2,13,15H2,1H3. The van der Waals surface area contributed by atoms with Crippen molar-refractivity contribution in [2.75, 3.05) is 6.61 Å². The molecule has 0 atom stereocenters. The molecule has 0 saturated heterocycles. The van der Waals surface area contributed by atoms with E-state index in [1.165, 1.54) is 15.8 Å². The van der Waals surface area contributed by atoms with E-state index in [-0.39, 0.29) is 17.0 Å². The molecular weight excluding hydrogens is 404 g/mol. The van der Waals surface area contributed by atoms with Crippen molar-refractivity contribution in [2.24, 2.45) is 0 Å². The molecule has 0 unspecified atom stereocenters. The summed E-state index contributed by atoms with van der Waals surface area (Å²) in [6.07, 6.45) is 0.848. The van der Waals surface area contributed by atoms with Crippen LogP contribution < -0.4 is 5.56 Å². The number of benzene rings is 3. The summed E-state index contributed by atoms with van der Waals surface area (Å²) in [4.78, 5) is 38.0. The molecule has 0 N–H and O–H groups in total. The van der Waals surface area contributed by atoms with Crippen molar-refractivity contribution >= 4 is 22.5 Å². The molecule has 0 fully saturated rings. The Labute approximate surface area is 184 Å². The van der Waals surface area contributed by atoms with Gasteiger partial charge in [-0.1, -0.05) is 54.6 Å². The van der Waals surface area contributed by atoms with E-state index < -0.39 is 12.6 Å². The number of ketones is 1. The van der Waals surface area contributed by atoms with E-state index in [0.717, 1.165) is 17.5 Å². The number of Topliss-reactive ketones (excluding diaryl/α,β-unsaturated/α-hetero) is 1. The first-order valence-electron chi connectivity index (χ1n) is 10.5. The molecule has 0 radical (unpaired) electrons. The quantitative estimate of drug-likeness (QED) is 0.314. The average Bonchev–Trinajstić information content (AvgIpc) is 3.20. The van der Waals surface area contributed by atoms with Gasteiger partial charge in [0.2, 0.25) is 0 Å². The Bertz CT molecular complexity index is 1450. The zero-order valence-corrected chi connectivity index (χ0v) is 17.5. The number of nitrogens with zero attached hydrogens (tertiary/aromatic N) is 2. The Balaban J connectivity index is 1.39. The summed E-state index contributed by atoms with van der Waals surface area (Å²) in [5, 5.41) is 4.96. The molecule has 1 aromatic heterocycles. The lowest BCUT2D eigenvalue weighted by Gasteiger charge is -2.10. The van der Waals surface area contributed by atoms with Crippen molar-refractivity contribution in [1.82, 2.24) is 9.78 Å². The van der Waals surface area contributed by atoms with Gasteiger partial charge < -0.3 is 4.74 Å². The number of carbonyl (C=O) groups is 2. The van der Waals surface area contributed by atoms with Gasteiger partial charge in [0.25, 0.3) is 5.56 Å².